The molecule has 0 saturated heterocycles. The van der Waals surface area contributed by atoms with E-state index in [2.05, 4.69) is 5.32 Å². The molecule has 86 valence electrons. The van der Waals surface area contributed by atoms with Crippen molar-refractivity contribution in [2.24, 2.45) is 11.1 Å². The van der Waals surface area contributed by atoms with Gasteiger partial charge in [0.15, 0.2) is 0 Å². The molecule has 0 radical (unpaired) electrons. The molecule has 1 saturated carbocycles. The Morgan fingerprint density at radius 3 is 2.27 bits per heavy atom. The molecule has 0 aromatic carbocycles. The van der Waals surface area contributed by atoms with Gasteiger partial charge in [-0.1, -0.05) is 20.8 Å². The first kappa shape index (κ1) is 11.8. The molecule has 1 unspecified atom stereocenters. The molecule has 0 aromatic heterocycles. The number of alkyl carbamates (subject to hydrolysis) is 1. The standard InChI is InChI=1S/C10H18N2O3/c1-10(2,3)7(8(11)13)12-9(14)15-6-4-5-6/h6-7H,4-5H2,1-3H3,(H2,11,13)(H,12,14). The van der Waals surface area contributed by atoms with Gasteiger partial charge >= 0.3 is 6.09 Å². The largest absolute Gasteiger partial charge is 0.446 e. The molecular formula is C10H18N2O3. The van der Waals surface area contributed by atoms with Gasteiger partial charge in [-0.3, -0.25) is 4.79 Å². The monoisotopic (exact) mass is 214 g/mol. The molecule has 3 N–H and O–H groups in total. The van der Waals surface area contributed by atoms with Crippen molar-refractivity contribution in [1.29, 1.82) is 0 Å². The Hall–Kier alpha value is -1.26. The van der Waals surface area contributed by atoms with Gasteiger partial charge in [0.25, 0.3) is 0 Å². The van der Waals surface area contributed by atoms with Crippen LogP contribution < -0.4 is 11.1 Å². The topological polar surface area (TPSA) is 81.4 Å². The molecule has 1 fully saturated rings. The number of primary amides is 1. The van der Waals surface area contributed by atoms with E-state index in [1.54, 1.807) is 0 Å². The second-order valence-corrected chi connectivity index (χ2v) is 4.95. The zero-order valence-corrected chi connectivity index (χ0v) is 9.37. The maximum absolute atomic E-state index is 11.3. The molecule has 0 aliphatic heterocycles. The van der Waals surface area contributed by atoms with E-state index in [1.165, 1.54) is 0 Å². The molecule has 2 amide bonds. The van der Waals surface area contributed by atoms with Crippen molar-refractivity contribution in [2.75, 3.05) is 0 Å². The SMILES string of the molecule is CC(C)(C)C(NC(=O)OC1CC1)C(N)=O. The van der Waals surface area contributed by atoms with Crippen molar-refractivity contribution in [1.82, 2.24) is 5.32 Å². The van der Waals surface area contributed by atoms with Crippen LogP contribution in [0.15, 0.2) is 0 Å². The molecule has 5 heteroatoms. The molecule has 0 bridgehead atoms. The van der Waals surface area contributed by atoms with E-state index in [1.807, 2.05) is 20.8 Å². The van der Waals surface area contributed by atoms with Crippen LogP contribution in [0.2, 0.25) is 0 Å². The maximum atomic E-state index is 11.3. The third-order valence-electron chi connectivity index (χ3n) is 2.21. The van der Waals surface area contributed by atoms with E-state index in [0.717, 1.165) is 12.8 Å². The molecule has 1 aliphatic carbocycles. The fourth-order valence-electron chi connectivity index (χ4n) is 1.20. The van der Waals surface area contributed by atoms with Crippen molar-refractivity contribution in [2.45, 2.75) is 45.8 Å². The normalized spacial score (nSPS) is 18.1. The summed E-state index contributed by atoms with van der Waals surface area (Å²) < 4.78 is 4.98. The van der Waals surface area contributed by atoms with Crippen molar-refractivity contribution in [3.05, 3.63) is 0 Å². The molecule has 5 nitrogen and oxygen atoms in total. The van der Waals surface area contributed by atoms with Gasteiger partial charge in [-0.2, -0.15) is 0 Å². The van der Waals surface area contributed by atoms with Gasteiger partial charge in [-0.25, -0.2) is 4.79 Å². The summed E-state index contributed by atoms with van der Waals surface area (Å²) in [5, 5.41) is 2.49. The van der Waals surface area contributed by atoms with Crippen LogP contribution in [0.3, 0.4) is 0 Å². The number of nitrogens with two attached hydrogens (primary N) is 1. The first-order valence-corrected chi connectivity index (χ1v) is 5.07. The lowest BCUT2D eigenvalue weighted by molar-refractivity contribution is -0.122. The molecule has 0 heterocycles. The predicted molar refractivity (Wildman–Crippen MR) is 55.1 cm³/mol. The molecule has 15 heavy (non-hydrogen) atoms. The first-order chi connectivity index (χ1) is 6.80. The third kappa shape index (κ3) is 3.77. The molecule has 0 aromatic rings. The number of ether oxygens (including phenoxy) is 1. The number of nitrogens with one attached hydrogen (secondary N) is 1. The number of rotatable bonds is 3. The number of amides is 2. The van der Waals surface area contributed by atoms with Crippen LogP contribution in [0.1, 0.15) is 33.6 Å². The number of hydrogen-bond acceptors (Lipinski definition) is 3. The fraction of sp³-hybridized carbons (Fsp3) is 0.800. The summed E-state index contributed by atoms with van der Waals surface area (Å²) in [7, 11) is 0. The summed E-state index contributed by atoms with van der Waals surface area (Å²) in [6, 6.07) is -0.705. The lowest BCUT2D eigenvalue weighted by atomic mass is 9.86. The molecule has 1 atom stereocenters. The highest BCUT2D eigenvalue weighted by Gasteiger charge is 2.33. The summed E-state index contributed by atoms with van der Waals surface area (Å²) in [6.07, 6.45) is 1.28. The molecule has 0 spiro atoms. The van der Waals surface area contributed by atoms with Gasteiger partial charge in [-0.05, 0) is 18.3 Å². The van der Waals surface area contributed by atoms with Crippen LogP contribution >= 0.6 is 0 Å². The van der Waals surface area contributed by atoms with Gasteiger partial charge in [-0.15, -0.1) is 0 Å². The van der Waals surface area contributed by atoms with Crippen LogP contribution in [0.25, 0.3) is 0 Å². The Labute approximate surface area is 89.3 Å². The Morgan fingerprint density at radius 2 is 1.93 bits per heavy atom. The average molecular weight is 214 g/mol. The number of carbonyl (C=O) groups excluding carboxylic acids is 2. The lowest BCUT2D eigenvalue weighted by Gasteiger charge is -2.28. The summed E-state index contributed by atoms with van der Waals surface area (Å²) in [5.41, 5.74) is 4.80. The summed E-state index contributed by atoms with van der Waals surface area (Å²) in [6.45, 7) is 5.50. The van der Waals surface area contributed by atoms with E-state index < -0.39 is 23.5 Å². The van der Waals surface area contributed by atoms with Crippen LogP contribution in [0, 0.1) is 5.41 Å². The van der Waals surface area contributed by atoms with Crippen LogP contribution in [0.5, 0.6) is 0 Å². The molecule has 1 aliphatic rings. The van der Waals surface area contributed by atoms with E-state index in [4.69, 9.17) is 10.5 Å². The molecule has 1 rings (SSSR count). The zero-order chi connectivity index (χ0) is 11.6. The first-order valence-electron chi connectivity index (χ1n) is 5.07. The Morgan fingerprint density at radius 1 is 1.40 bits per heavy atom. The highest BCUT2D eigenvalue weighted by atomic mass is 16.6. The minimum atomic E-state index is -0.705. The van der Waals surface area contributed by atoms with Crippen molar-refractivity contribution in [3.8, 4) is 0 Å². The Balaban J connectivity index is 2.49. The van der Waals surface area contributed by atoms with E-state index in [0.29, 0.717) is 0 Å². The van der Waals surface area contributed by atoms with Crippen LogP contribution in [-0.4, -0.2) is 24.1 Å². The zero-order valence-electron chi connectivity index (χ0n) is 9.37. The second-order valence-electron chi connectivity index (χ2n) is 4.95. The average Bonchev–Trinajstić information content (AvgIpc) is 2.81. The Bertz CT molecular complexity index is 266. The summed E-state index contributed by atoms with van der Waals surface area (Å²) in [4.78, 5) is 22.4. The summed E-state index contributed by atoms with van der Waals surface area (Å²) >= 11 is 0. The summed E-state index contributed by atoms with van der Waals surface area (Å²) in [5.74, 6) is -0.546. The van der Waals surface area contributed by atoms with Crippen LogP contribution in [-0.2, 0) is 9.53 Å². The quantitative estimate of drug-likeness (QED) is 0.728. The third-order valence-corrected chi connectivity index (χ3v) is 2.21. The maximum Gasteiger partial charge on any atom is 0.408 e. The predicted octanol–water partition coefficient (Wildman–Crippen LogP) is 0.775. The van der Waals surface area contributed by atoms with E-state index in [-0.39, 0.29) is 6.10 Å². The van der Waals surface area contributed by atoms with Gasteiger partial charge in [0.2, 0.25) is 5.91 Å². The highest BCUT2D eigenvalue weighted by Crippen LogP contribution is 2.24. The van der Waals surface area contributed by atoms with Gasteiger partial charge in [0.1, 0.15) is 12.1 Å². The van der Waals surface area contributed by atoms with Gasteiger partial charge in [0.05, 0.1) is 0 Å². The van der Waals surface area contributed by atoms with Gasteiger partial charge in [0, 0.05) is 0 Å². The fourth-order valence-corrected chi connectivity index (χ4v) is 1.20. The van der Waals surface area contributed by atoms with E-state index >= 15 is 0 Å². The van der Waals surface area contributed by atoms with Gasteiger partial charge < -0.3 is 15.8 Å². The van der Waals surface area contributed by atoms with Crippen LogP contribution in [0.4, 0.5) is 4.79 Å². The number of hydrogen-bond donors (Lipinski definition) is 2. The molecular weight excluding hydrogens is 196 g/mol. The number of carbonyl (C=O) groups is 2. The van der Waals surface area contributed by atoms with E-state index in [9.17, 15) is 9.59 Å². The Kier molecular flexibility index (Phi) is 3.21. The lowest BCUT2D eigenvalue weighted by Crippen LogP contribution is -2.52. The smallest absolute Gasteiger partial charge is 0.408 e. The van der Waals surface area contributed by atoms with Crippen molar-refractivity contribution in [3.63, 3.8) is 0 Å². The second kappa shape index (κ2) is 4.08. The van der Waals surface area contributed by atoms with Crippen molar-refractivity contribution >= 4 is 12.0 Å². The van der Waals surface area contributed by atoms with Crippen molar-refractivity contribution < 1.29 is 14.3 Å². The highest BCUT2D eigenvalue weighted by molar-refractivity contribution is 5.85. The minimum absolute atomic E-state index is 0.0264. The minimum Gasteiger partial charge on any atom is -0.446 e.